The van der Waals surface area contributed by atoms with E-state index in [9.17, 15) is 0 Å². The van der Waals surface area contributed by atoms with Crippen molar-refractivity contribution in [2.75, 3.05) is 0 Å². The third-order valence-electron chi connectivity index (χ3n) is 7.46. The summed E-state index contributed by atoms with van der Waals surface area (Å²) in [6.07, 6.45) is 0. The summed E-state index contributed by atoms with van der Waals surface area (Å²) >= 11 is 0. The second kappa shape index (κ2) is 10.5. The summed E-state index contributed by atoms with van der Waals surface area (Å²) in [5, 5.41) is 0. The molecule has 1 aliphatic rings. The van der Waals surface area contributed by atoms with Crippen LogP contribution in [0, 0.1) is 0 Å². The average molecular weight is 546 g/mol. The minimum Gasteiger partial charge on any atom is -0.239 e. The Morgan fingerprint density at radius 2 is 0.854 bits per heavy atom. The van der Waals surface area contributed by atoms with Crippen molar-refractivity contribution in [2.45, 2.75) is 9.79 Å². The van der Waals surface area contributed by atoms with Crippen LogP contribution in [0.3, 0.4) is 0 Å². The van der Waals surface area contributed by atoms with Crippen molar-refractivity contribution in [1.82, 2.24) is 0 Å². The first-order chi connectivity index (χ1) is 20.2. The Kier molecular flexibility index (Phi) is 6.42. The number of rotatable bonds is 5. The van der Waals surface area contributed by atoms with Crippen molar-refractivity contribution in [3.05, 3.63) is 180 Å². The lowest BCUT2D eigenvalue weighted by Crippen LogP contribution is -2.12. The maximum absolute atomic E-state index is 15.6. The van der Waals surface area contributed by atoms with Gasteiger partial charge in [-0.3, -0.25) is 0 Å². The van der Waals surface area contributed by atoms with Gasteiger partial charge in [0.1, 0.15) is 9.73 Å². The molecular weight excluding hydrogens is 518 g/mol. The lowest BCUT2D eigenvalue weighted by Gasteiger charge is -2.25. The van der Waals surface area contributed by atoms with Crippen LogP contribution >= 0.6 is 0 Å². The van der Waals surface area contributed by atoms with Gasteiger partial charge in [-0.15, -0.1) is 0 Å². The molecule has 0 aromatic heterocycles. The minimum absolute atomic E-state index is 0.700. The zero-order chi connectivity index (χ0) is 27.6. The van der Waals surface area contributed by atoms with Crippen molar-refractivity contribution < 1.29 is 4.21 Å². The quantitative estimate of drug-likeness (QED) is 0.212. The largest absolute Gasteiger partial charge is 0.239 e. The van der Waals surface area contributed by atoms with Gasteiger partial charge in [-0.05, 0) is 52.1 Å². The zero-order valence-corrected chi connectivity index (χ0v) is 23.2. The highest BCUT2D eigenvalue weighted by Gasteiger charge is 2.30. The number of hydrogen-bond acceptors (Lipinski definition) is 2. The standard InChI is InChI=1S/C38H27NOS/c40-41(34-26-32(28-15-5-1-6-16-28)25-33(27-34)29-17-7-2-8-18-29)36-24-14-13-23-35(36)37(30-19-9-3-10-20-30)38(39-41)31-21-11-4-12-22-31/h1-27H. The maximum atomic E-state index is 15.6. The van der Waals surface area contributed by atoms with E-state index in [1.54, 1.807) is 0 Å². The molecule has 41 heavy (non-hydrogen) atoms. The molecule has 6 aromatic rings. The molecule has 1 heterocycles. The molecule has 1 unspecified atom stereocenters. The van der Waals surface area contributed by atoms with Gasteiger partial charge in [-0.25, -0.2) is 4.21 Å². The fraction of sp³-hybridized carbons (Fsp3) is 0. The molecule has 0 fully saturated rings. The Morgan fingerprint density at radius 3 is 1.39 bits per heavy atom. The Bertz CT molecular complexity index is 1950. The van der Waals surface area contributed by atoms with Crippen LogP contribution in [0.5, 0.6) is 0 Å². The normalized spacial score (nSPS) is 16.1. The molecule has 1 atom stereocenters. The number of benzene rings is 6. The monoisotopic (exact) mass is 545 g/mol. The third-order valence-corrected chi connectivity index (χ3v) is 9.73. The Morgan fingerprint density at radius 1 is 0.415 bits per heavy atom. The molecule has 6 aromatic carbocycles. The predicted octanol–water partition coefficient (Wildman–Crippen LogP) is 9.84. The van der Waals surface area contributed by atoms with E-state index in [0.29, 0.717) is 4.90 Å². The van der Waals surface area contributed by atoms with Crippen LogP contribution in [-0.2, 0) is 9.73 Å². The van der Waals surface area contributed by atoms with Crippen molar-refractivity contribution in [1.29, 1.82) is 0 Å². The number of nitrogens with zero attached hydrogens (tertiary/aromatic N) is 1. The second-order valence-corrected chi connectivity index (χ2v) is 12.2. The van der Waals surface area contributed by atoms with Gasteiger partial charge in [0.15, 0.2) is 0 Å². The smallest absolute Gasteiger partial charge is 0.109 e. The summed E-state index contributed by atoms with van der Waals surface area (Å²) in [6, 6.07) is 55.2. The van der Waals surface area contributed by atoms with Crippen molar-refractivity contribution in [3.8, 4) is 22.3 Å². The molecule has 1 aliphatic heterocycles. The molecule has 0 N–H and O–H groups in total. The molecular formula is C38H27NOS. The summed E-state index contributed by atoms with van der Waals surface area (Å²) in [4.78, 5) is 1.44. The molecule has 196 valence electrons. The van der Waals surface area contributed by atoms with Gasteiger partial charge in [-0.2, -0.15) is 4.36 Å². The number of fused-ring (bicyclic) bond motifs is 1. The van der Waals surface area contributed by atoms with Crippen LogP contribution in [0.1, 0.15) is 16.7 Å². The molecule has 3 heteroatoms. The Hall–Kier alpha value is -4.99. The average Bonchev–Trinajstić information content (AvgIpc) is 3.06. The van der Waals surface area contributed by atoms with Gasteiger partial charge in [-0.1, -0.05) is 140 Å². The van der Waals surface area contributed by atoms with E-state index in [1.807, 2.05) is 103 Å². The van der Waals surface area contributed by atoms with Crippen LogP contribution in [0.4, 0.5) is 0 Å². The van der Waals surface area contributed by atoms with E-state index in [1.165, 1.54) is 0 Å². The van der Waals surface area contributed by atoms with Gasteiger partial charge in [0, 0.05) is 16.7 Å². The summed E-state index contributed by atoms with van der Waals surface area (Å²) in [5.74, 6) is 0. The maximum Gasteiger partial charge on any atom is 0.109 e. The second-order valence-electron chi connectivity index (χ2n) is 10.0. The van der Waals surface area contributed by atoms with E-state index in [0.717, 1.165) is 55.1 Å². The Labute approximate surface area is 241 Å². The van der Waals surface area contributed by atoms with E-state index in [-0.39, 0.29) is 0 Å². The molecule has 0 radical (unpaired) electrons. The fourth-order valence-electron chi connectivity index (χ4n) is 5.49. The molecule has 0 spiro atoms. The van der Waals surface area contributed by atoms with Gasteiger partial charge in [0.25, 0.3) is 0 Å². The molecule has 0 aliphatic carbocycles. The van der Waals surface area contributed by atoms with Crippen LogP contribution in [0.2, 0.25) is 0 Å². The molecule has 0 amide bonds. The first kappa shape index (κ1) is 25.0. The van der Waals surface area contributed by atoms with Crippen LogP contribution in [0.15, 0.2) is 178 Å². The molecule has 0 saturated heterocycles. The molecule has 0 bridgehead atoms. The molecule has 2 nitrogen and oxygen atoms in total. The van der Waals surface area contributed by atoms with Gasteiger partial charge >= 0.3 is 0 Å². The SMILES string of the molecule is O=S1(c2cc(-c3ccccc3)cc(-c3ccccc3)c2)=NC(c2ccccc2)=C(c2ccccc2)c2ccccc21. The highest BCUT2D eigenvalue weighted by Crippen LogP contribution is 2.45. The summed E-state index contributed by atoms with van der Waals surface area (Å²) < 4.78 is 20.8. The van der Waals surface area contributed by atoms with Gasteiger partial charge < -0.3 is 0 Å². The topological polar surface area (TPSA) is 29.4 Å². The summed E-state index contributed by atoms with van der Waals surface area (Å²) in [6.45, 7) is 0. The summed E-state index contributed by atoms with van der Waals surface area (Å²) in [5.41, 5.74) is 8.84. The van der Waals surface area contributed by atoms with E-state index in [4.69, 9.17) is 4.36 Å². The van der Waals surface area contributed by atoms with Crippen molar-refractivity contribution >= 4 is 21.0 Å². The minimum atomic E-state index is -3.06. The van der Waals surface area contributed by atoms with Gasteiger partial charge in [0.05, 0.1) is 15.5 Å². The Balaban J connectivity index is 1.57. The van der Waals surface area contributed by atoms with E-state index in [2.05, 4.69) is 60.7 Å². The lowest BCUT2D eigenvalue weighted by atomic mass is 9.93. The highest BCUT2D eigenvalue weighted by molar-refractivity contribution is 7.94. The van der Waals surface area contributed by atoms with Crippen molar-refractivity contribution in [2.24, 2.45) is 4.36 Å². The third kappa shape index (κ3) is 4.61. The van der Waals surface area contributed by atoms with Crippen molar-refractivity contribution in [3.63, 3.8) is 0 Å². The van der Waals surface area contributed by atoms with E-state index >= 15 is 4.21 Å². The first-order valence-electron chi connectivity index (χ1n) is 13.7. The first-order valence-corrected chi connectivity index (χ1v) is 15.2. The highest BCUT2D eigenvalue weighted by atomic mass is 32.2. The van der Waals surface area contributed by atoms with Crippen LogP contribution in [0.25, 0.3) is 33.5 Å². The molecule has 0 saturated carbocycles. The zero-order valence-electron chi connectivity index (χ0n) is 22.4. The fourth-order valence-corrected chi connectivity index (χ4v) is 7.70. The predicted molar refractivity (Wildman–Crippen MR) is 170 cm³/mol. The van der Waals surface area contributed by atoms with Crippen LogP contribution < -0.4 is 0 Å². The van der Waals surface area contributed by atoms with Gasteiger partial charge in [0.2, 0.25) is 0 Å². The molecule has 7 rings (SSSR count). The lowest BCUT2D eigenvalue weighted by molar-refractivity contribution is 0.676. The summed E-state index contributed by atoms with van der Waals surface area (Å²) in [7, 11) is -3.06. The van der Waals surface area contributed by atoms with E-state index < -0.39 is 9.73 Å². The van der Waals surface area contributed by atoms with Crippen LogP contribution in [-0.4, -0.2) is 4.21 Å². The number of hydrogen-bond donors (Lipinski definition) is 0.